The molecule has 11 rings (SSSR count). The summed E-state index contributed by atoms with van der Waals surface area (Å²) in [6.07, 6.45) is 0. The summed E-state index contributed by atoms with van der Waals surface area (Å²) in [5.41, 5.74) is 13.6. The minimum atomic E-state index is 0.581. The largest absolute Gasteiger partial charge is 0.456 e. The Morgan fingerprint density at radius 1 is 0.271 bits per heavy atom. The SMILES string of the molecule is c1ccc(-c2cc(-c3ccccc3)cc(-c3cccc4oc5cc(-c6nc(-c7ccccc7)nc(-c7ccc8c(-c9ccccc9)cccc8c7)n6)ccc5c34)c2)cc1. The van der Waals surface area contributed by atoms with Gasteiger partial charge in [-0.15, -0.1) is 0 Å². The first kappa shape index (κ1) is 34.3. The summed E-state index contributed by atoms with van der Waals surface area (Å²) in [6, 6.07) is 74.1. The molecule has 11 aromatic rings. The number of furan rings is 1. The number of aromatic nitrogens is 3. The predicted octanol–water partition coefficient (Wildman–Crippen LogP) is 14.6. The molecular formula is C55H35N3O. The maximum atomic E-state index is 6.66. The second-order valence-electron chi connectivity index (χ2n) is 14.8. The molecular weight excluding hydrogens is 719 g/mol. The monoisotopic (exact) mass is 753 g/mol. The van der Waals surface area contributed by atoms with Gasteiger partial charge >= 0.3 is 0 Å². The molecule has 59 heavy (non-hydrogen) atoms. The lowest BCUT2D eigenvalue weighted by Gasteiger charge is -2.12. The minimum Gasteiger partial charge on any atom is -0.456 e. The van der Waals surface area contributed by atoms with Gasteiger partial charge in [-0.1, -0.05) is 170 Å². The Labute approximate surface area is 341 Å². The van der Waals surface area contributed by atoms with Crippen LogP contribution in [0.5, 0.6) is 0 Å². The highest BCUT2D eigenvalue weighted by Crippen LogP contribution is 2.41. The topological polar surface area (TPSA) is 51.8 Å². The summed E-state index contributed by atoms with van der Waals surface area (Å²) >= 11 is 0. The van der Waals surface area contributed by atoms with Gasteiger partial charge in [-0.3, -0.25) is 0 Å². The second-order valence-corrected chi connectivity index (χ2v) is 14.8. The van der Waals surface area contributed by atoms with E-state index in [1.54, 1.807) is 0 Å². The van der Waals surface area contributed by atoms with Gasteiger partial charge in [0, 0.05) is 27.5 Å². The van der Waals surface area contributed by atoms with Crippen molar-refractivity contribution in [2.75, 3.05) is 0 Å². The molecule has 0 fully saturated rings. The number of hydrogen-bond donors (Lipinski definition) is 0. The van der Waals surface area contributed by atoms with E-state index in [-0.39, 0.29) is 0 Å². The first-order valence-electron chi connectivity index (χ1n) is 19.8. The lowest BCUT2D eigenvalue weighted by molar-refractivity contribution is 0.669. The van der Waals surface area contributed by atoms with Crippen LogP contribution < -0.4 is 0 Å². The van der Waals surface area contributed by atoms with Crippen molar-refractivity contribution in [2.24, 2.45) is 0 Å². The van der Waals surface area contributed by atoms with E-state index >= 15 is 0 Å². The van der Waals surface area contributed by atoms with Gasteiger partial charge < -0.3 is 4.42 Å². The number of hydrogen-bond acceptors (Lipinski definition) is 4. The minimum absolute atomic E-state index is 0.581. The molecule has 276 valence electrons. The van der Waals surface area contributed by atoms with E-state index in [1.165, 1.54) is 27.6 Å². The van der Waals surface area contributed by atoms with E-state index in [0.29, 0.717) is 17.5 Å². The molecule has 0 atom stereocenters. The summed E-state index contributed by atoms with van der Waals surface area (Å²) in [5.74, 6) is 1.81. The molecule has 9 aromatic carbocycles. The van der Waals surface area contributed by atoms with E-state index < -0.39 is 0 Å². The second kappa shape index (κ2) is 14.5. The third-order valence-electron chi connectivity index (χ3n) is 11.1. The summed E-state index contributed by atoms with van der Waals surface area (Å²) in [5, 5.41) is 4.41. The molecule has 0 aliphatic carbocycles. The average molecular weight is 754 g/mol. The average Bonchev–Trinajstić information content (AvgIpc) is 3.70. The van der Waals surface area contributed by atoms with Crippen molar-refractivity contribution in [3.63, 3.8) is 0 Å². The van der Waals surface area contributed by atoms with Gasteiger partial charge in [0.2, 0.25) is 0 Å². The Bertz CT molecular complexity index is 3250. The fraction of sp³-hybridized carbons (Fsp3) is 0. The molecule has 4 nitrogen and oxygen atoms in total. The predicted molar refractivity (Wildman–Crippen MR) is 243 cm³/mol. The summed E-state index contributed by atoms with van der Waals surface area (Å²) in [7, 11) is 0. The zero-order valence-electron chi connectivity index (χ0n) is 32.0. The van der Waals surface area contributed by atoms with Crippen LogP contribution >= 0.6 is 0 Å². The van der Waals surface area contributed by atoms with Crippen LogP contribution in [0.1, 0.15) is 0 Å². The lowest BCUT2D eigenvalue weighted by atomic mass is 9.91. The maximum Gasteiger partial charge on any atom is 0.164 e. The first-order chi connectivity index (χ1) is 29.2. The Balaban J connectivity index is 1.04. The third kappa shape index (κ3) is 6.43. The molecule has 0 N–H and O–H groups in total. The van der Waals surface area contributed by atoms with E-state index in [0.717, 1.165) is 66.3 Å². The molecule has 0 spiro atoms. The van der Waals surface area contributed by atoms with Crippen LogP contribution in [0.15, 0.2) is 217 Å². The molecule has 2 heterocycles. The van der Waals surface area contributed by atoms with Gasteiger partial charge in [-0.25, -0.2) is 15.0 Å². The summed E-state index contributed by atoms with van der Waals surface area (Å²) in [4.78, 5) is 15.2. The van der Waals surface area contributed by atoms with E-state index in [4.69, 9.17) is 19.4 Å². The van der Waals surface area contributed by atoms with Gasteiger partial charge in [0.15, 0.2) is 17.5 Å². The number of benzene rings is 9. The van der Waals surface area contributed by atoms with Gasteiger partial charge in [-0.2, -0.15) is 0 Å². The summed E-state index contributed by atoms with van der Waals surface area (Å²) in [6.45, 7) is 0. The van der Waals surface area contributed by atoms with Crippen molar-refractivity contribution in [2.45, 2.75) is 0 Å². The third-order valence-corrected chi connectivity index (χ3v) is 11.1. The van der Waals surface area contributed by atoms with E-state index in [1.807, 2.05) is 36.4 Å². The molecule has 0 saturated heterocycles. The van der Waals surface area contributed by atoms with Crippen molar-refractivity contribution in [1.82, 2.24) is 15.0 Å². The molecule has 0 amide bonds. The van der Waals surface area contributed by atoms with Crippen LogP contribution in [0, 0.1) is 0 Å². The first-order valence-corrected chi connectivity index (χ1v) is 19.8. The molecule has 0 radical (unpaired) electrons. The van der Waals surface area contributed by atoms with Crippen LogP contribution in [0.4, 0.5) is 0 Å². The highest BCUT2D eigenvalue weighted by Gasteiger charge is 2.18. The van der Waals surface area contributed by atoms with Crippen molar-refractivity contribution in [3.8, 4) is 78.7 Å². The Morgan fingerprint density at radius 2 is 0.763 bits per heavy atom. The number of fused-ring (bicyclic) bond motifs is 4. The van der Waals surface area contributed by atoms with Gasteiger partial charge in [-0.05, 0) is 97.7 Å². The molecule has 0 unspecified atom stereocenters. The molecule has 0 aliphatic rings. The Kier molecular flexibility index (Phi) is 8.45. The van der Waals surface area contributed by atoms with Crippen molar-refractivity contribution in [3.05, 3.63) is 212 Å². The summed E-state index contributed by atoms with van der Waals surface area (Å²) < 4.78 is 6.66. The van der Waals surface area contributed by atoms with Crippen LogP contribution in [-0.4, -0.2) is 15.0 Å². The molecule has 0 aliphatic heterocycles. The fourth-order valence-electron chi connectivity index (χ4n) is 8.23. The van der Waals surface area contributed by atoms with E-state index in [9.17, 15) is 0 Å². The van der Waals surface area contributed by atoms with Crippen LogP contribution in [0.2, 0.25) is 0 Å². The number of nitrogens with zero attached hydrogens (tertiary/aromatic N) is 3. The van der Waals surface area contributed by atoms with Gasteiger partial charge in [0.05, 0.1) is 0 Å². The van der Waals surface area contributed by atoms with Crippen molar-refractivity contribution < 1.29 is 4.42 Å². The standard InChI is InChI=1S/C55H35N3O/c1-5-15-36(16-6-1)43-32-44(37-17-7-2-8-18-37)34-45(33-43)48-25-14-26-50-52(48)49-30-28-42(35-51(49)59-50)55-57-53(39-21-11-4-12-22-39)56-54(58-55)41-27-29-47-40(31-41)23-13-24-46(47)38-19-9-3-10-20-38/h1-35H. The van der Waals surface area contributed by atoms with Crippen molar-refractivity contribution in [1.29, 1.82) is 0 Å². The van der Waals surface area contributed by atoms with Crippen LogP contribution in [0.25, 0.3) is 111 Å². The van der Waals surface area contributed by atoms with Crippen LogP contribution in [0.3, 0.4) is 0 Å². The molecule has 0 bridgehead atoms. The Morgan fingerprint density at radius 3 is 1.39 bits per heavy atom. The molecule has 2 aromatic heterocycles. The highest BCUT2D eigenvalue weighted by molar-refractivity contribution is 6.13. The maximum absolute atomic E-state index is 6.66. The molecule has 0 saturated carbocycles. The molecule has 4 heteroatoms. The lowest BCUT2D eigenvalue weighted by Crippen LogP contribution is -2.00. The number of rotatable bonds is 7. The fourth-order valence-corrected chi connectivity index (χ4v) is 8.23. The normalized spacial score (nSPS) is 11.4. The zero-order chi connectivity index (χ0) is 39.1. The van der Waals surface area contributed by atoms with Crippen molar-refractivity contribution >= 4 is 32.7 Å². The van der Waals surface area contributed by atoms with Gasteiger partial charge in [0.25, 0.3) is 0 Å². The van der Waals surface area contributed by atoms with E-state index in [2.05, 4.69) is 176 Å². The highest BCUT2D eigenvalue weighted by atomic mass is 16.3. The quantitative estimate of drug-likeness (QED) is 0.163. The smallest absolute Gasteiger partial charge is 0.164 e. The zero-order valence-corrected chi connectivity index (χ0v) is 32.0. The van der Waals surface area contributed by atoms with Crippen LogP contribution in [-0.2, 0) is 0 Å². The Hall–Kier alpha value is -7.95. The van der Waals surface area contributed by atoms with Gasteiger partial charge in [0.1, 0.15) is 11.2 Å².